The number of amides is 1. The summed E-state index contributed by atoms with van der Waals surface area (Å²) in [5.74, 6) is 0.00361. The summed E-state index contributed by atoms with van der Waals surface area (Å²) in [5.41, 5.74) is 2.96. The van der Waals surface area contributed by atoms with E-state index in [4.69, 9.17) is 21.3 Å². The van der Waals surface area contributed by atoms with Crippen molar-refractivity contribution in [3.8, 4) is 11.3 Å². The van der Waals surface area contributed by atoms with Crippen LogP contribution in [0.3, 0.4) is 0 Å². The second-order valence-electron chi connectivity index (χ2n) is 7.02. The van der Waals surface area contributed by atoms with E-state index in [9.17, 15) is 4.79 Å². The fourth-order valence-corrected chi connectivity index (χ4v) is 3.91. The molecule has 138 valence electrons. The summed E-state index contributed by atoms with van der Waals surface area (Å²) in [6.45, 7) is 5.16. The number of morpholine rings is 1. The number of rotatable bonds is 2. The highest BCUT2D eigenvalue weighted by Crippen LogP contribution is 2.30. The van der Waals surface area contributed by atoms with Crippen molar-refractivity contribution in [2.75, 3.05) is 13.1 Å². The van der Waals surface area contributed by atoms with Crippen molar-refractivity contribution in [3.63, 3.8) is 0 Å². The average Bonchev–Trinajstić information content (AvgIpc) is 2.66. The van der Waals surface area contributed by atoms with Crippen LogP contribution in [0.5, 0.6) is 0 Å². The lowest BCUT2D eigenvalue weighted by molar-refractivity contribution is -0.0585. The van der Waals surface area contributed by atoms with Gasteiger partial charge in [-0.15, -0.1) is 0 Å². The molecule has 0 bridgehead atoms. The summed E-state index contributed by atoms with van der Waals surface area (Å²) in [5, 5.41) is 1.47. The van der Waals surface area contributed by atoms with E-state index in [-0.39, 0.29) is 18.1 Å². The molecule has 4 nitrogen and oxygen atoms in total. The number of hydrogen-bond acceptors (Lipinski definition) is 3. The standard InChI is InChI=1S/C22H21ClN2O2/c1-14-12-25(13-15(2)27-14)22(26)18-11-21(17-8-3-5-9-19(17)23)24-20-10-6-4-7-16(18)20/h3-11,14-15H,12-13H2,1-2H3/t14-,15-/m0/s1. The number of carbonyl (C=O) groups excluding carboxylic acids is 1. The Kier molecular flexibility index (Phi) is 4.85. The van der Waals surface area contributed by atoms with E-state index in [1.807, 2.05) is 73.3 Å². The molecule has 1 aliphatic heterocycles. The van der Waals surface area contributed by atoms with Crippen molar-refractivity contribution in [1.82, 2.24) is 9.88 Å². The normalized spacial score (nSPS) is 20.0. The first-order chi connectivity index (χ1) is 13.0. The van der Waals surface area contributed by atoms with Gasteiger partial charge in [-0.3, -0.25) is 4.79 Å². The first-order valence-corrected chi connectivity index (χ1v) is 9.50. The molecule has 0 spiro atoms. The number of ether oxygens (including phenoxy) is 1. The van der Waals surface area contributed by atoms with Gasteiger partial charge >= 0.3 is 0 Å². The van der Waals surface area contributed by atoms with Gasteiger partial charge in [-0.2, -0.15) is 0 Å². The van der Waals surface area contributed by atoms with Crippen LogP contribution >= 0.6 is 11.6 Å². The number of para-hydroxylation sites is 1. The van der Waals surface area contributed by atoms with Crippen LogP contribution in [0.2, 0.25) is 5.02 Å². The molecular weight excluding hydrogens is 360 g/mol. The lowest BCUT2D eigenvalue weighted by Gasteiger charge is -2.35. The van der Waals surface area contributed by atoms with Crippen LogP contribution in [0, 0.1) is 0 Å². The number of fused-ring (bicyclic) bond motifs is 1. The molecule has 3 aromatic rings. The van der Waals surface area contributed by atoms with Crippen LogP contribution in [-0.2, 0) is 4.74 Å². The van der Waals surface area contributed by atoms with E-state index in [1.165, 1.54) is 0 Å². The van der Waals surface area contributed by atoms with Crippen molar-refractivity contribution >= 4 is 28.4 Å². The van der Waals surface area contributed by atoms with Crippen molar-refractivity contribution in [3.05, 3.63) is 65.2 Å². The molecule has 4 rings (SSSR count). The molecule has 2 heterocycles. The summed E-state index contributed by atoms with van der Waals surface area (Å²) in [6.07, 6.45) is 0.0441. The number of benzene rings is 2. The van der Waals surface area contributed by atoms with E-state index in [0.29, 0.717) is 29.4 Å². The van der Waals surface area contributed by atoms with Crippen molar-refractivity contribution in [2.24, 2.45) is 0 Å². The predicted molar refractivity (Wildman–Crippen MR) is 108 cm³/mol. The van der Waals surface area contributed by atoms with E-state index in [0.717, 1.165) is 16.5 Å². The number of pyridine rings is 1. The second kappa shape index (κ2) is 7.29. The zero-order valence-electron chi connectivity index (χ0n) is 15.4. The molecule has 1 aliphatic rings. The molecule has 1 aromatic heterocycles. The van der Waals surface area contributed by atoms with Crippen LogP contribution < -0.4 is 0 Å². The molecule has 0 saturated carbocycles. The number of hydrogen-bond donors (Lipinski definition) is 0. The topological polar surface area (TPSA) is 42.4 Å². The molecule has 0 N–H and O–H groups in total. The fourth-order valence-electron chi connectivity index (χ4n) is 3.67. The van der Waals surface area contributed by atoms with Gasteiger partial charge in [0.15, 0.2) is 0 Å². The quantitative estimate of drug-likeness (QED) is 0.641. The summed E-state index contributed by atoms with van der Waals surface area (Å²) in [7, 11) is 0. The molecule has 1 saturated heterocycles. The second-order valence-corrected chi connectivity index (χ2v) is 7.43. The Labute approximate surface area is 163 Å². The van der Waals surface area contributed by atoms with Crippen molar-refractivity contribution in [1.29, 1.82) is 0 Å². The maximum Gasteiger partial charge on any atom is 0.254 e. The summed E-state index contributed by atoms with van der Waals surface area (Å²) in [4.78, 5) is 20.0. The molecule has 5 heteroatoms. The average molecular weight is 381 g/mol. The van der Waals surface area contributed by atoms with Crippen LogP contribution in [0.1, 0.15) is 24.2 Å². The number of aromatic nitrogens is 1. The predicted octanol–water partition coefficient (Wildman–Crippen LogP) is 4.80. The van der Waals surface area contributed by atoms with Gasteiger partial charge in [0.2, 0.25) is 0 Å². The smallest absolute Gasteiger partial charge is 0.254 e. The van der Waals surface area contributed by atoms with E-state index in [1.54, 1.807) is 0 Å². The van der Waals surface area contributed by atoms with Gasteiger partial charge in [0.05, 0.1) is 29.0 Å². The third-order valence-corrected chi connectivity index (χ3v) is 5.13. The lowest BCUT2D eigenvalue weighted by atomic mass is 10.0. The van der Waals surface area contributed by atoms with Gasteiger partial charge in [-0.1, -0.05) is 48.0 Å². The summed E-state index contributed by atoms with van der Waals surface area (Å²) in [6, 6.07) is 17.2. The Morgan fingerprint density at radius 2 is 1.74 bits per heavy atom. The fraction of sp³-hybridized carbons (Fsp3) is 0.273. The Bertz CT molecular complexity index is 995. The molecule has 0 radical (unpaired) electrons. The number of carbonyl (C=O) groups is 1. The van der Waals surface area contributed by atoms with Crippen LogP contribution in [0.15, 0.2) is 54.6 Å². The maximum absolute atomic E-state index is 13.4. The third kappa shape index (κ3) is 3.55. The molecule has 0 unspecified atom stereocenters. The Balaban J connectivity index is 1.84. The van der Waals surface area contributed by atoms with Crippen molar-refractivity contribution in [2.45, 2.75) is 26.1 Å². The lowest BCUT2D eigenvalue weighted by Crippen LogP contribution is -2.48. The van der Waals surface area contributed by atoms with E-state index >= 15 is 0 Å². The molecule has 27 heavy (non-hydrogen) atoms. The molecular formula is C22H21ClN2O2. The molecule has 2 aromatic carbocycles. The van der Waals surface area contributed by atoms with Gasteiger partial charge < -0.3 is 9.64 Å². The molecule has 1 fully saturated rings. The Hall–Kier alpha value is -2.43. The highest BCUT2D eigenvalue weighted by molar-refractivity contribution is 6.33. The van der Waals surface area contributed by atoms with Crippen LogP contribution in [-0.4, -0.2) is 41.1 Å². The minimum Gasteiger partial charge on any atom is -0.372 e. The minimum atomic E-state index is 0.00361. The molecule has 0 aliphatic carbocycles. The number of halogens is 1. The maximum atomic E-state index is 13.4. The third-order valence-electron chi connectivity index (χ3n) is 4.80. The monoisotopic (exact) mass is 380 g/mol. The van der Waals surface area contributed by atoms with Gasteiger partial charge in [-0.05, 0) is 32.0 Å². The first-order valence-electron chi connectivity index (χ1n) is 9.12. The molecule has 1 amide bonds. The van der Waals surface area contributed by atoms with Gasteiger partial charge in [0.1, 0.15) is 0 Å². The van der Waals surface area contributed by atoms with Crippen LogP contribution in [0.4, 0.5) is 0 Å². The largest absolute Gasteiger partial charge is 0.372 e. The minimum absolute atomic E-state index is 0.00361. The highest BCUT2D eigenvalue weighted by Gasteiger charge is 2.28. The van der Waals surface area contributed by atoms with E-state index < -0.39 is 0 Å². The van der Waals surface area contributed by atoms with Gasteiger partial charge in [0.25, 0.3) is 5.91 Å². The summed E-state index contributed by atoms with van der Waals surface area (Å²) >= 11 is 6.38. The molecule has 2 atom stereocenters. The van der Waals surface area contributed by atoms with Crippen LogP contribution in [0.25, 0.3) is 22.2 Å². The van der Waals surface area contributed by atoms with E-state index in [2.05, 4.69) is 0 Å². The summed E-state index contributed by atoms with van der Waals surface area (Å²) < 4.78 is 5.77. The Morgan fingerprint density at radius 3 is 2.48 bits per heavy atom. The van der Waals surface area contributed by atoms with Crippen molar-refractivity contribution < 1.29 is 9.53 Å². The highest BCUT2D eigenvalue weighted by atomic mass is 35.5. The zero-order chi connectivity index (χ0) is 19.0. The zero-order valence-corrected chi connectivity index (χ0v) is 16.1. The Morgan fingerprint density at radius 1 is 1.07 bits per heavy atom. The number of nitrogens with zero attached hydrogens (tertiary/aromatic N) is 2. The van der Waals surface area contributed by atoms with Gasteiger partial charge in [-0.25, -0.2) is 4.98 Å². The first kappa shape index (κ1) is 18.0. The SMILES string of the molecule is C[C@H]1CN(C(=O)c2cc(-c3ccccc3Cl)nc3ccccc23)C[C@H](C)O1. The van der Waals surface area contributed by atoms with Gasteiger partial charge in [0, 0.05) is 29.1 Å².